The highest BCUT2D eigenvalue weighted by atomic mass is 32.1. The molecular weight excluding hydrogens is 394 g/mol. The van der Waals surface area contributed by atoms with Crippen molar-refractivity contribution in [2.45, 2.75) is 6.92 Å². The molecule has 0 radical (unpaired) electrons. The van der Waals surface area contributed by atoms with E-state index in [1.54, 1.807) is 41.1 Å². The second kappa shape index (κ2) is 8.04. The van der Waals surface area contributed by atoms with Gasteiger partial charge in [0.2, 0.25) is 4.80 Å². The fraction of sp³-hybridized carbons (Fsp3) is 0.100. The van der Waals surface area contributed by atoms with Gasteiger partial charge in [0, 0.05) is 5.38 Å². The largest absolute Gasteiger partial charge is 0.494 e. The van der Waals surface area contributed by atoms with Crippen LogP contribution in [0.4, 0.5) is 5.69 Å². The lowest BCUT2D eigenvalue weighted by atomic mass is 10.3. The molecule has 0 amide bonds. The average Bonchev–Trinajstić information content (AvgIpc) is 3.42. The van der Waals surface area contributed by atoms with Crippen LogP contribution in [-0.4, -0.2) is 18.0 Å². The molecule has 4 rings (SSSR count). The third kappa shape index (κ3) is 3.80. The van der Waals surface area contributed by atoms with Crippen LogP contribution in [0.3, 0.4) is 0 Å². The predicted molar refractivity (Wildman–Crippen MR) is 116 cm³/mol. The maximum absolute atomic E-state index is 5.44. The van der Waals surface area contributed by atoms with Gasteiger partial charge in [0.15, 0.2) is 0 Å². The number of ether oxygens (including phenoxy) is 1. The molecule has 4 nitrogen and oxygen atoms in total. The van der Waals surface area contributed by atoms with Crippen LogP contribution in [0.25, 0.3) is 10.6 Å². The number of thiophene rings is 2. The lowest BCUT2D eigenvalue weighted by molar-refractivity contribution is 0.416. The molecule has 0 aliphatic carbocycles. The van der Waals surface area contributed by atoms with Crippen molar-refractivity contribution < 1.29 is 4.74 Å². The molecule has 0 atom stereocenters. The van der Waals surface area contributed by atoms with Gasteiger partial charge in [0.1, 0.15) is 11.4 Å². The Morgan fingerprint density at radius 3 is 2.63 bits per heavy atom. The second-order valence-corrected chi connectivity index (χ2v) is 8.42. The van der Waals surface area contributed by atoms with Crippen LogP contribution in [0.2, 0.25) is 0 Å². The van der Waals surface area contributed by atoms with Crippen LogP contribution in [0.5, 0.6) is 5.75 Å². The number of aryl methyl sites for hydroxylation is 1. The molecular formula is C20H17N3OS3. The molecule has 7 heteroatoms. The van der Waals surface area contributed by atoms with Crippen molar-refractivity contribution in [1.82, 2.24) is 4.68 Å². The Kier molecular flexibility index (Phi) is 5.33. The summed E-state index contributed by atoms with van der Waals surface area (Å²) < 4.78 is 7.34. The molecule has 3 heterocycles. The molecule has 0 saturated heterocycles. The number of nitrogens with zero attached hydrogens (tertiary/aromatic N) is 3. The summed E-state index contributed by atoms with van der Waals surface area (Å²) in [5.41, 5.74) is 3.05. The maximum Gasteiger partial charge on any atom is 0.211 e. The first-order valence-corrected chi connectivity index (χ1v) is 10.9. The molecule has 0 N–H and O–H groups in total. The zero-order valence-electron chi connectivity index (χ0n) is 14.8. The topological polar surface area (TPSA) is 38.9 Å². The van der Waals surface area contributed by atoms with Gasteiger partial charge < -0.3 is 4.74 Å². The number of para-hydroxylation sites is 2. The van der Waals surface area contributed by atoms with Crippen molar-refractivity contribution in [3.05, 3.63) is 73.8 Å². The first-order valence-electron chi connectivity index (χ1n) is 8.27. The molecule has 0 spiro atoms. The maximum atomic E-state index is 5.44. The van der Waals surface area contributed by atoms with Crippen molar-refractivity contribution in [1.29, 1.82) is 0 Å². The van der Waals surface area contributed by atoms with E-state index in [9.17, 15) is 0 Å². The van der Waals surface area contributed by atoms with E-state index in [1.807, 2.05) is 41.2 Å². The van der Waals surface area contributed by atoms with Crippen LogP contribution in [0.1, 0.15) is 10.4 Å². The van der Waals surface area contributed by atoms with Crippen LogP contribution in [0, 0.1) is 6.92 Å². The van der Waals surface area contributed by atoms with Gasteiger partial charge in [-0.3, -0.25) is 0 Å². The molecule has 0 saturated carbocycles. The first-order chi connectivity index (χ1) is 13.3. The van der Waals surface area contributed by atoms with Crippen LogP contribution in [0.15, 0.2) is 68.7 Å². The van der Waals surface area contributed by atoms with E-state index in [4.69, 9.17) is 14.8 Å². The third-order valence-electron chi connectivity index (χ3n) is 3.95. The van der Waals surface area contributed by atoms with Crippen LogP contribution >= 0.6 is 34.0 Å². The summed E-state index contributed by atoms with van der Waals surface area (Å²) in [6, 6.07) is 14.0. The quantitative estimate of drug-likeness (QED) is 0.384. The Morgan fingerprint density at radius 2 is 1.89 bits per heavy atom. The Labute approximate surface area is 169 Å². The van der Waals surface area contributed by atoms with E-state index < -0.39 is 0 Å². The van der Waals surface area contributed by atoms with Crippen molar-refractivity contribution in [3.8, 4) is 16.3 Å². The Bertz CT molecular complexity index is 1130. The summed E-state index contributed by atoms with van der Waals surface area (Å²) >= 11 is 4.94. The summed E-state index contributed by atoms with van der Waals surface area (Å²) in [5.74, 6) is 0.744. The van der Waals surface area contributed by atoms with Gasteiger partial charge in [-0.2, -0.15) is 5.10 Å². The average molecular weight is 412 g/mol. The standard InChI is InChI=1S/C20H17N3OS3/c1-14-9-11-26-19(14)12-21-23-16(18-8-5-10-25-18)13-27-20(23)22-15-6-3-4-7-17(15)24-2/h3-13H,1-2H3. The number of methoxy groups -OCH3 is 1. The summed E-state index contributed by atoms with van der Waals surface area (Å²) in [7, 11) is 1.66. The summed E-state index contributed by atoms with van der Waals surface area (Å²) in [5, 5.41) is 11.0. The molecule has 0 unspecified atom stereocenters. The lowest BCUT2D eigenvalue weighted by Crippen LogP contribution is -2.11. The molecule has 136 valence electrons. The fourth-order valence-electron chi connectivity index (χ4n) is 2.54. The molecule has 0 fully saturated rings. The molecule has 0 aliphatic heterocycles. The third-order valence-corrected chi connectivity index (χ3v) is 6.61. The van der Waals surface area contributed by atoms with Crippen LogP contribution in [-0.2, 0) is 0 Å². The van der Waals surface area contributed by atoms with Crippen molar-refractivity contribution >= 4 is 45.9 Å². The molecule has 0 bridgehead atoms. The zero-order valence-corrected chi connectivity index (χ0v) is 17.3. The Morgan fingerprint density at radius 1 is 1.00 bits per heavy atom. The van der Waals surface area contributed by atoms with Gasteiger partial charge in [-0.1, -0.05) is 18.2 Å². The van der Waals surface area contributed by atoms with Gasteiger partial charge in [0.05, 0.1) is 28.8 Å². The Balaban J connectivity index is 1.86. The van der Waals surface area contributed by atoms with E-state index in [-0.39, 0.29) is 0 Å². The van der Waals surface area contributed by atoms with E-state index in [0.29, 0.717) is 0 Å². The number of thiazole rings is 1. The predicted octanol–water partition coefficient (Wildman–Crippen LogP) is 5.77. The van der Waals surface area contributed by atoms with Crippen molar-refractivity contribution in [2.24, 2.45) is 10.1 Å². The molecule has 1 aromatic carbocycles. The number of rotatable bonds is 5. The van der Waals surface area contributed by atoms with E-state index in [0.717, 1.165) is 31.7 Å². The zero-order chi connectivity index (χ0) is 18.6. The van der Waals surface area contributed by atoms with Gasteiger partial charge in [-0.15, -0.1) is 34.0 Å². The molecule has 0 aliphatic rings. The number of aromatic nitrogens is 1. The summed E-state index contributed by atoms with van der Waals surface area (Å²) in [6.45, 7) is 2.09. The van der Waals surface area contributed by atoms with Gasteiger partial charge in [0.25, 0.3) is 0 Å². The highest BCUT2D eigenvalue weighted by Gasteiger charge is 2.10. The van der Waals surface area contributed by atoms with E-state index in [1.165, 1.54) is 5.56 Å². The Hall–Kier alpha value is -2.48. The SMILES string of the molecule is COc1ccccc1N=c1scc(-c2cccs2)n1N=Cc1sccc1C. The summed E-state index contributed by atoms with van der Waals surface area (Å²) in [4.78, 5) is 7.92. The van der Waals surface area contributed by atoms with E-state index in [2.05, 4.69) is 35.2 Å². The lowest BCUT2D eigenvalue weighted by Gasteiger charge is -2.04. The minimum absolute atomic E-state index is 0.744. The smallest absolute Gasteiger partial charge is 0.211 e. The highest BCUT2D eigenvalue weighted by Crippen LogP contribution is 2.28. The molecule has 3 aromatic heterocycles. The van der Waals surface area contributed by atoms with Gasteiger partial charge in [-0.05, 0) is 47.5 Å². The number of benzene rings is 1. The molecule has 4 aromatic rings. The van der Waals surface area contributed by atoms with E-state index >= 15 is 0 Å². The minimum Gasteiger partial charge on any atom is -0.494 e. The minimum atomic E-state index is 0.744. The fourth-order valence-corrected chi connectivity index (χ4v) is 4.96. The highest BCUT2D eigenvalue weighted by molar-refractivity contribution is 7.14. The van der Waals surface area contributed by atoms with Crippen molar-refractivity contribution in [2.75, 3.05) is 7.11 Å². The normalized spacial score (nSPS) is 12.1. The van der Waals surface area contributed by atoms with Gasteiger partial charge >= 0.3 is 0 Å². The number of hydrogen-bond acceptors (Lipinski definition) is 6. The molecule has 27 heavy (non-hydrogen) atoms. The second-order valence-electron chi connectivity index (χ2n) is 5.69. The van der Waals surface area contributed by atoms with Crippen LogP contribution < -0.4 is 9.54 Å². The van der Waals surface area contributed by atoms with Gasteiger partial charge in [-0.25, -0.2) is 9.67 Å². The monoisotopic (exact) mass is 411 g/mol. The number of hydrogen-bond donors (Lipinski definition) is 0. The summed E-state index contributed by atoms with van der Waals surface area (Å²) in [6.07, 6.45) is 1.91. The first kappa shape index (κ1) is 17.9. The van der Waals surface area contributed by atoms with Crippen molar-refractivity contribution in [3.63, 3.8) is 0 Å².